The summed E-state index contributed by atoms with van der Waals surface area (Å²) in [4.78, 5) is 32.5. The summed E-state index contributed by atoms with van der Waals surface area (Å²) >= 11 is 1.45. The molecule has 2 aromatic rings. The molecule has 0 spiro atoms. The zero-order valence-corrected chi connectivity index (χ0v) is 17.0. The molecule has 0 radical (unpaired) electrons. The number of aryl methyl sites for hydroxylation is 1. The van der Waals surface area contributed by atoms with E-state index in [1.54, 1.807) is 17.2 Å². The number of hydrogen-bond donors (Lipinski definition) is 2. The van der Waals surface area contributed by atoms with Gasteiger partial charge in [0.25, 0.3) is 0 Å². The zero-order valence-electron chi connectivity index (χ0n) is 16.1. The number of aldehydes is 1. The molecular formula is C20H25N5O2S. The van der Waals surface area contributed by atoms with Crippen LogP contribution < -0.4 is 10.6 Å². The number of nitrogens with two attached hydrogens (primary N) is 1. The Bertz CT molecular complexity index is 894. The third-order valence-corrected chi connectivity index (χ3v) is 5.95. The summed E-state index contributed by atoms with van der Waals surface area (Å²) in [5.41, 5.74) is 8.27. The number of carbonyl (C=O) groups excluding carboxylic acids is 2. The molecular weight excluding hydrogens is 374 g/mol. The highest BCUT2D eigenvalue weighted by Gasteiger charge is 2.31. The molecule has 1 amide bonds. The predicted octanol–water partition coefficient (Wildman–Crippen LogP) is 2.32. The number of nitrogens with one attached hydrogen (secondary N) is 1. The number of hydrogen-bond acceptors (Lipinski definition) is 7. The normalized spacial score (nSPS) is 16.9. The van der Waals surface area contributed by atoms with Gasteiger partial charge in [0, 0.05) is 36.2 Å². The van der Waals surface area contributed by atoms with E-state index in [0.29, 0.717) is 36.6 Å². The van der Waals surface area contributed by atoms with Gasteiger partial charge in [0.05, 0.1) is 28.1 Å². The van der Waals surface area contributed by atoms with E-state index >= 15 is 0 Å². The van der Waals surface area contributed by atoms with Crippen molar-refractivity contribution >= 4 is 40.6 Å². The number of carbonyl (C=O) groups is 2. The van der Waals surface area contributed by atoms with Crippen molar-refractivity contribution in [1.29, 1.82) is 5.41 Å². The first-order valence-corrected chi connectivity index (χ1v) is 10.1. The topological polar surface area (TPSA) is 103 Å². The second kappa shape index (κ2) is 8.62. The van der Waals surface area contributed by atoms with Gasteiger partial charge >= 0.3 is 0 Å². The number of thiazole rings is 1. The molecule has 1 unspecified atom stereocenters. The van der Waals surface area contributed by atoms with Crippen LogP contribution in [0.25, 0.3) is 0 Å². The van der Waals surface area contributed by atoms with E-state index in [4.69, 9.17) is 11.1 Å². The van der Waals surface area contributed by atoms with E-state index in [2.05, 4.69) is 4.98 Å². The molecule has 8 heteroatoms. The van der Waals surface area contributed by atoms with Crippen molar-refractivity contribution in [2.24, 2.45) is 5.92 Å². The molecule has 1 aliphatic heterocycles. The van der Waals surface area contributed by atoms with Crippen molar-refractivity contribution in [2.75, 3.05) is 36.8 Å². The molecule has 7 nitrogen and oxygen atoms in total. The Hall–Kier alpha value is -2.58. The van der Waals surface area contributed by atoms with Crippen LogP contribution in [0, 0.1) is 18.3 Å². The third kappa shape index (κ3) is 4.13. The van der Waals surface area contributed by atoms with E-state index < -0.39 is 0 Å². The molecule has 0 saturated carbocycles. The maximum absolute atomic E-state index is 13.1. The van der Waals surface area contributed by atoms with Gasteiger partial charge in [0.15, 0.2) is 0 Å². The standard InChI is InChI=1S/C20H25N5O2S/c1-3-25(20(27)14-6-7-24(12-14)8-9-26)15-4-5-17(21)16(10-15)19(22)18-11-23-13(2)28-18/h4-5,9-11,14,22H,3,6-8,12,21H2,1-2H3. The van der Waals surface area contributed by atoms with Gasteiger partial charge in [-0.15, -0.1) is 11.3 Å². The Morgan fingerprint density at radius 1 is 1.50 bits per heavy atom. The van der Waals surface area contributed by atoms with E-state index in [1.165, 1.54) is 11.3 Å². The van der Waals surface area contributed by atoms with Crippen molar-refractivity contribution in [2.45, 2.75) is 20.3 Å². The fourth-order valence-electron chi connectivity index (χ4n) is 3.53. The van der Waals surface area contributed by atoms with Gasteiger partial charge in [-0.05, 0) is 45.0 Å². The maximum atomic E-state index is 13.1. The van der Waals surface area contributed by atoms with Gasteiger partial charge in [-0.25, -0.2) is 4.98 Å². The molecule has 28 heavy (non-hydrogen) atoms. The Labute approximate surface area is 168 Å². The molecule has 1 fully saturated rings. The lowest BCUT2D eigenvalue weighted by atomic mass is 10.0. The second-order valence-electron chi connectivity index (χ2n) is 6.88. The fraction of sp³-hybridized carbons (Fsp3) is 0.400. The van der Waals surface area contributed by atoms with Crippen LogP contribution in [0.5, 0.6) is 0 Å². The van der Waals surface area contributed by atoms with Crippen LogP contribution >= 0.6 is 11.3 Å². The lowest BCUT2D eigenvalue weighted by Gasteiger charge is -2.25. The molecule has 1 aliphatic rings. The van der Waals surface area contributed by atoms with Crippen LogP contribution in [0.2, 0.25) is 0 Å². The van der Waals surface area contributed by atoms with Crippen LogP contribution in [-0.2, 0) is 9.59 Å². The Morgan fingerprint density at radius 3 is 2.93 bits per heavy atom. The SMILES string of the molecule is CCN(C(=O)C1CCN(CC=O)C1)c1ccc(N)c(C(=N)c2cnc(C)s2)c1. The molecule has 1 aromatic heterocycles. The van der Waals surface area contributed by atoms with Crippen LogP contribution in [0.1, 0.15) is 28.8 Å². The summed E-state index contributed by atoms with van der Waals surface area (Å²) in [5, 5.41) is 9.40. The van der Waals surface area contributed by atoms with Gasteiger partial charge in [0.2, 0.25) is 5.91 Å². The molecule has 0 bridgehead atoms. The van der Waals surface area contributed by atoms with Crippen LogP contribution in [-0.4, -0.2) is 54.0 Å². The smallest absolute Gasteiger partial charge is 0.231 e. The van der Waals surface area contributed by atoms with Gasteiger partial charge in [-0.2, -0.15) is 0 Å². The summed E-state index contributed by atoms with van der Waals surface area (Å²) in [6, 6.07) is 5.38. The van der Waals surface area contributed by atoms with Crippen molar-refractivity contribution in [1.82, 2.24) is 9.88 Å². The lowest BCUT2D eigenvalue weighted by Crippen LogP contribution is -2.37. The maximum Gasteiger partial charge on any atom is 0.231 e. The monoisotopic (exact) mass is 399 g/mol. The van der Waals surface area contributed by atoms with Crippen LogP contribution in [0.4, 0.5) is 11.4 Å². The van der Waals surface area contributed by atoms with E-state index in [-0.39, 0.29) is 11.8 Å². The average Bonchev–Trinajstić information content (AvgIpc) is 3.32. The minimum absolute atomic E-state index is 0.0479. The van der Waals surface area contributed by atoms with Crippen molar-refractivity contribution in [3.05, 3.63) is 39.8 Å². The molecule has 1 atom stereocenters. The third-order valence-electron chi connectivity index (χ3n) is 5.02. The number of likely N-dealkylation sites (tertiary alicyclic amines) is 1. The zero-order chi connectivity index (χ0) is 20.3. The largest absolute Gasteiger partial charge is 0.398 e. The molecule has 0 aliphatic carbocycles. The summed E-state index contributed by atoms with van der Waals surface area (Å²) in [6.45, 7) is 6.09. The quantitative estimate of drug-likeness (QED) is 0.422. The van der Waals surface area contributed by atoms with Gasteiger partial charge in [0.1, 0.15) is 6.29 Å². The Morgan fingerprint density at radius 2 is 2.29 bits per heavy atom. The summed E-state index contributed by atoms with van der Waals surface area (Å²) < 4.78 is 0. The molecule has 148 valence electrons. The molecule has 2 heterocycles. The van der Waals surface area contributed by atoms with E-state index in [1.807, 2.05) is 30.9 Å². The number of nitrogens with zero attached hydrogens (tertiary/aromatic N) is 3. The highest BCUT2D eigenvalue weighted by molar-refractivity contribution is 7.13. The summed E-state index contributed by atoms with van der Waals surface area (Å²) in [7, 11) is 0. The van der Waals surface area contributed by atoms with Crippen LogP contribution in [0.3, 0.4) is 0 Å². The van der Waals surface area contributed by atoms with Crippen molar-refractivity contribution in [3.8, 4) is 0 Å². The van der Waals surface area contributed by atoms with E-state index in [9.17, 15) is 9.59 Å². The summed E-state index contributed by atoms with van der Waals surface area (Å²) in [6.07, 6.45) is 3.31. The predicted molar refractivity (Wildman–Crippen MR) is 112 cm³/mol. The average molecular weight is 400 g/mol. The number of aromatic nitrogens is 1. The highest BCUT2D eigenvalue weighted by atomic mass is 32.1. The molecule has 3 rings (SSSR count). The van der Waals surface area contributed by atoms with Gasteiger partial charge < -0.3 is 15.4 Å². The minimum Gasteiger partial charge on any atom is -0.398 e. The number of nitrogen functional groups attached to an aromatic ring is 1. The molecule has 1 saturated heterocycles. The fourth-order valence-corrected chi connectivity index (χ4v) is 4.27. The van der Waals surface area contributed by atoms with Crippen molar-refractivity contribution in [3.63, 3.8) is 0 Å². The number of amides is 1. The van der Waals surface area contributed by atoms with Gasteiger partial charge in [-0.1, -0.05) is 0 Å². The van der Waals surface area contributed by atoms with E-state index in [0.717, 1.165) is 34.8 Å². The first-order chi connectivity index (χ1) is 13.4. The number of rotatable bonds is 7. The number of anilines is 2. The van der Waals surface area contributed by atoms with Crippen molar-refractivity contribution < 1.29 is 9.59 Å². The lowest BCUT2D eigenvalue weighted by molar-refractivity contribution is -0.122. The second-order valence-corrected chi connectivity index (χ2v) is 8.12. The Kier molecular flexibility index (Phi) is 6.21. The molecule has 3 N–H and O–H groups in total. The first-order valence-electron chi connectivity index (χ1n) is 9.33. The van der Waals surface area contributed by atoms with Crippen LogP contribution in [0.15, 0.2) is 24.4 Å². The number of benzene rings is 1. The highest BCUT2D eigenvalue weighted by Crippen LogP contribution is 2.28. The molecule has 1 aromatic carbocycles. The minimum atomic E-state index is -0.121. The Balaban J connectivity index is 1.84. The summed E-state index contributed by atoms with van der Waals surface area (Å²) in [5.74, 6) is -0.0729. The van der Waals surface area contributed by atoms with Gasteiger partial charge in [-0.3, -0.25) is 15.1 Å². The first kappa shape index (κ1) is 20.2.